The van der Waals surface area contributed by atoms with Crippen molar-refractivity contribution in [2.75, 3.05) is 13.2 Å². The van der Waals surface area contributed by atoms with Gasteiger partial charge in [0.2, 0.25) is 0 Å². The monoisotopic (exact) mass is 390 g/mol. The molecule has 1 aromatic rings. The van der Waals surface area contributed by atoms with E-state index in [0.29, 0.717) is 29.6 Å². The topological polar surface area (TPSA) is 59.6 Å². The molecule has 0 spiro atoms. The second-order valence-electron chi connectivity index (χ2n) is 6.65. The highest BCUT2D eigenvalue weighted by atomic mass is 32.1. The van der Waals surface area contributed by atoms with Gasteiger partial charge in [0.25, 0.3) is 0 Å². The third-order valence-electron chi connectivity index (χ3n) is 4.41. The lowest BCUT2D eigenvalue weighted by molar-refractivity contribution is -0.139. The van der Waals surface area contributed by atoms with Crippen molar-refractivity contribution in [2.24, 2.45) is 0 Å². The van der Waals surface area contributed by atoms with Crippen molar-refractivity contribution in [3.05, 3.63) is 41.1 Å². The van der Waals surface area contributed by atoms with Gasteiger partial charge in [-0.1, -0.05) is 51.3 Å². The number of thiocarbonyl (C=S) groups is 1. The predicted molar refractivity (Wildman–Crippen MR) is 112 cm³/mol. The van der Waals surface area contributed by atoms with Crippen molar-refractivity contribution >= 4 is 23.3 Å². The SMILES string of the molecule is CCCCCCOC(=O)C1=C(C)NC(=S)NC1c1ccccc1OCCC. The van der Waals surface area contributed by atoms with Gasteiger partial charge in [-0.05, 0) is 38.0 Å². The third-order valence-corrected chi connectivity index (χ3v) is 4.63. The van der Waals surface area contributed by atoms with Crippen molar-refractivity contribution in [1.82, 2.24) is 10.6 Å². The highest BCUT2D eigenvalue weighted by Gasteiger charge is 2.32. The molecule has 5 nitrogen and oxygen atoms in total. The summed E-state index contributed by atoms with van der Waals surface area (Å²) in [4.78, 5) is 12.8. The number of esters is 1. The first-order valence-electron chi connectivity index (χ1n) is 9.75. The summed E-state index contributed by atoms with van der Waals surface area (Å²) in [5, 5.41) is 6.73. The van der Waals surface area contributed by atoms with Gasteiger partial charge in [-0.15, -0.1) is 0 Å². The van der Waals surface area contributed by atoms with E-state index >= 15 is 0 Å². The molecule has 0 bridgehead atoms. The van der Waals surface area contributed by atoms with E-state index in [0.717, 1.165) is 43.4 Å². The summed E-state index contributed by atoms with van der Waals surface area (Å²) in [6.45, 7) is 7.12. The molecule has 27 heavy (non-hydrogen) atoms. The van der Waals surface area contributed by atoms with Crippen molar-refractivity contribution < 1.29 is 14.3 Å². The van der Waals surface area contributed by atoms with Crippen molar-refractivity contribution in [1.29, 1.82) is 0 Å². The van der Waals surface area contributed by atoms with Crippen LogP contribution < -0.4 is 15.4 Å². The Morgan fingerprint density at radius 2 is 1.89 bits per heavy atom. The second kappa shape index (κ2) is 10.9. The fraction of sp³-hybridized carbons (Fsp3) is 0.524. The molecule has 1 heterocycles. The van der Waals surface area contributed by atoms with Crippen LogP contribution in [0.1, 0.15) is 64.5 Å². The summed E-state index contributed by atoms with van der Waals surface area (Å²) in [6, 6.07) is 7.34. The lowest BCUT2D eigenvalue weighted by atomic mass is 9.95. The van der Waals surface area contributed by atoms with Crippen LogP contribution in [-0.2, 0) is 9.53 Å². The fourth-order valence-electron chi connectivity index (χ4n) is 3.03. The molecule has 2 N–H and O–H groups in total. The first kappa shape index (κ1) is 21.2. The van der Waals surface area contributed by atoms with Crippen LogP contribution in [0.25, 0.3) is 0 Å². The van der Waals surface area contributed by atoms with Gasteiger partial charge in [0.05, 0.1) is 24.8 Å². The van der Waals surface area contributed by atoms with Gasteiger partial charge in [-0.2, -0.15) is 0 Å². The average Bonchev–Trinajstić information content (AvgIpc) is 2.65. The normalized spacial score (nSPS) is 16.6. The fourth-order valence-corrected chi connectivity index (χ4v) is 3.30. The Morgan fingerprint density at radius 3 is 2.63 bits per heavy atom. The Morgan fingerprint density at radius 1 is 1.11 bits per heavy atom. The zero-order valence-corrected chi connectivity index (χ0v) is 17.3. The average molecular weight is 391 g/mol. The molecule has 148 valence electrons. The van der Waals surface area contributed by atoms with Gasteiger partial charge in [0.1, 0.15) is 5.75 Å². The Bertz CT molecular complexity index is 688. The number of carbonyl (C=O) groups excluding carboxylic acids is 1. The predicted octanol–water partition coefficient (Wildman–Crippen LogP) is 4.39. The largest absolute Gasteiger partial charge is 0.493 e. The van der Waals surface area contributed by atoms with Crippen LogP contribution in [-0.4, -0.2) is 24.3 Å². The standard InChI is InChI=1S/C21H30N2O3S/c1-4-6-7-10-14-26-20(24)18-15(3)22-21(27)23-19(18)16-11-8-9-12-17(16)25-13-5-2/h8-9,11-12,19H,4-7,10,13-14H2,1-3H3,(H2,22,23,27). The summed E-state index contributed by atoms with van der Waals surface area (Å²) in [5.74, 6) is 0.435. The zero-order chi connectivity index (χ0) is 19.6. The van der Waals surface area contributed by atoms with Gasteiger partial charge in [0, 0.05) is 11.3 Å². The molecule has 0 amide bonds. The maximum Gasteiger partial charge on any atom is 0.338 e. The maximum atomic E-state index is 12.8. The highest BCUT2D eigenvalue weighted by Crippen LogP contribution is 2.33. The summed E-state index contributed by atoms with van der Waals surface area (Å²) in [7, 11) is 0. The molecule has 0 aliphatic carbocycles. The Hall–Kier alpha value is -2.08. The minimum atomic E-state index is -0.394. The van der Waals surface area contributed by atoms with Crippen LogP contribution in [0.4, 0.5) is 0 Å². The molecule has 0 radical (unpaired) electrons. The van der Waals surface area contributed by atoms with Crippen LogP contribution in [0.5, 0.6) is 5.75 Å². The molecule has 0 aromatic heterocycles. The molecule has 6 heteroatoms. The molecule has 1 atom stereocenters. The number of para-hydroxylation sites is 1. The molecular weight excluding hydrogens is 360 g/mol. The third kappa shape index (κ3) is 5.96. The van der Waals surface area contributed by atoms with Gasteiger partial charge < -0.3 is 20.1 Å². The number of carbonyl (C=O) groups is 1. The van der Waals surface area contributed by atoms with Crippen LogP contribution in [0.15, 0.2) is 35.5 Å². The van der Waals surface area contributed by atoms with Gasteiger partial charge in [-0.3, -0.25) is 0 Å². The Kier molecular flexibility index (Phi) is 8.58. The number of nitrogens with one attached hydrogen (secondary N) is 2. The van der Waals surface area contributed by atoms with Crippen LogP contribution in [0, 0.1) is 0 Å². The molecule has 1 unspecified atom stereocenters. The Labute approximate surface area is 167 Å². The first-order valence-corrected chi connectivity index (χ1v) is 10.2. The number of ether oxygens (including phenoxy) is 2. The van der Waals surface area contributed by atoms with Crippen LogP contribution >= 0.6 is 12.2 Å². The van der Waals surface area contributed by atoms with E-state index in [1.165, 1.54) is 0 Å². The minimum Gasteiger partial charge on any atom is -0.493 e. The molecule has 2 rings (SSSR count). The van der Waals surface area contributed by atoms with E-state index in [9.17, 15) is 4.79 Å². The van der Waals surface area contributed by atoms with Crippen molar-refractivity contribution in [3.63, 3.8) is 0 Å². The Balaban J connectivity index is 2.22. The molecule has 0 saturated carbocycles. The van der Waals surface area contributed by atoms with E-state index in [1.54, 1.807) is 0 Å². The summed E-state index contributed by atoms with van der Waals surface area (Å²) >= 11 is 5.32. The van der Waals surface area contributed by atoms with Crippen LogP contribution in [0.3, 0.4) is 0 Å². The second-order valence-corrected chi connectivity index (χ2v) is 7.06. The number of hydrogen-bond acceptors (Lipinski definition) is 4. The number of rotatable bonds is 10. The van der Waals surface area contributed by atoms with Crippen molar-refractivity contribution in [2.45, 2.75) is 58.9 Å². The highest BCUT2D eigenvalue weighted by molar-refractivity contribution is 7.80. The summed E-state index contributed by atoms with van der Waals surface area (Å²) < 4.78 is 11.4. The van der Waals surface area contributed by atoms with Crippen molar-refractivity contribution in [3.8, 4) is 5.75 Å². The lowest BCUT2D eigenvalue weighted by Crippen LogP contribution is -2.45. The molecule has 0 saturated heterocycles. The number of allylic oxidation sites excluding steroid dienone is 1. The summed E-state index contributed by atoms with van der Waals surface area (Å²) in [5.41, 5.74) is 2.14. The van der Waals surface area contributed by atoms with E-state index < -0.39 is 6.04 Å². The maximum absolute atomic E-state index is 12.8. The van der Waals surface area contributed by atoms with E-state index in [-0.39, 0.29) is 5.97 Å². The number of hydrogen-bond donors (Lipinski definition) is 2. The molecule has 0 fully saturated rings. The molecule has 1 aromatic carbocycles. The van der Waals surface area contributed by atoms with E-state index in [1.807, 2.05) is 31.2 Å². The quantitative estimate of drug-likeness (QED) is 0.351. The zero-order valence-electron chi connectivity index (χ0n) is 16.5. The van der Waals surface area contributed by atoms with Gasteiger partial charge in [0.15, 0.2) is 5.11 Å². The van der Waals surface area contributed by atoms with Gasteiger partial charge in [-0.25, -0.2) is 4.79 Å². The number of unbranched alkanes of at least 4 members (excludes halogenated alkanes) is 3. The van der Waals surface area contributed by atoms with E-state index in [2.05, 4.69) is 24.5 Å². The van der Waals surface area contributed by atoms with Gasteiger partial charge >= 0.3 is 5.97 Å². The number of benzene rings is 1. The van der Waals surface area contributed by atoms with E-state index in [4.69, 9.17) is 21.7 Å². The first-order chi connectivity index (χ1) is 13.1. The molecule has 1 aliphatic rings. The smallest absolute Gasteiger partial charge is 0.338 e. The minimum absolute atomic E-state index is 0.318. The lowest BCUT2D eigenvalue weighted by Gasteiger charge is -2.30. The van der Waals surface area contributed by atoms with Crippen LogP contribution in [0.2, 0.25) is 0 Å². The molecule has 1 aliphatic heterocycles. The summed E-state index contributed by atoms with van der Waals surface area (Å²) in [6.07, 6.45) is 5.17. The molecular formula is C21H30N2O3S.